The molecule has 0 heterocycles. The lowest BCUT2D eigenvalue weighted by Gasteiger charge is -2.14. The van der Waals surface area contributed by atoms with E-state index < -0.39 is 6.23 Å². The Morgan fingerprint density at radius 3 is 2.56 bits per heavy atom. The molecule has 4 nitrogen and oxygen atoms in total. The zero-order valence-electron chi connectivity index (χ0n) is 5.58. The van der Waals surface area contributed by atoms with Crippen molar-refractivity contribution in [2.24, 2.45) is 11.5 Å². The van der Waals surface area contributed by atoms with Crippen LogP contribution in [0.5, 0.6) is 0 Å². The van der Waals surface area contributed by atoms with Gasteiger partial charge in [0.1, 0.15) is 6.23 Å². The van der Waals surface area contributed by atoms with Crippen molar-refractivity contribution in [3.8, 4) is 0 Å². The van der Waals surface area contributed by atoms with Gasteiger partial charge >= 0.3 is 0 Å². The summed E-state index contributed by atoms with van der Waals surface area (Å²) in [5.41, 5.74) is 10.4. The Bertz CT molecular complexity index is 62.0. The molecule has 0 aromatic heterocycles. The Hall–Kier alpha value is -0.160. The summed E-state index contributed by atoms with van der Waals surface area (Å²) in [6, 6.07) is 0. The molecular formula is C5H14N2O2. The van der Waals surface area contributed by atoms with Crippen molar-refractivity contribution >= 4 is 0 Å². The minimum atomic E-state index is -0.594. The van der Waals surface area contributed by atoms with Crippen LogP contribution >= 0.6 is 0 Å². The van der Waals surface area contributed by atoms with E-state index in [-0.39, 0.29) is 12.7 Å². The summed E-state index contributed by atoms with van der Waals surface area (Å²) in [6.45, 7) is 2.06. The monoisotopic (exact) mass is 134 g/mol. The summed E-state index contributed by atoms with van der Waals surface area (Å²) in [5.74, 6) is 0. The van der Waals surface area contributed by atoms with Gasteiger partial charge in [-0.3, -0.25) is 0 Å². The van der Waals surface area contributed by atoms with Gasteiger partial charge in [-0.2, -0.15) is 0 Å². The minimum Gasteiger partial charge on any atom is -0.392 e. The third-order valence-corrected chi connectivity index (χ3v) is 0.919. The molecule has 0 aromatic rings. The standard InChI is InChI=1S/C5H14N2O2/c1-4(2-6)9-5(7)3-8/h4-5,8H,2-3,6-7H2,1H3. The Morgan fingerprint density at radius 2 is 2.22 bits per heavy atom. The Balaban J connectivity index is 3.22. The van der Waals surface area contributed by atoms with Crippen molar-refractivity contribution in [3.05, 3.63) is 0 Å². The molecular weight excluding hydrogens is 120 g/mol. The molecule has 0 aromatic carbocycles. The maximum absolute atomic E-state index is 8.39. The summed E-state index contributed by atoms with van der Waals surface area (Å²) in [7, 11) is 0. The van der Waals surface area contributed by atoms with Crippen molar-refractivity contribution in [1.29, 1.82) is 0 Å². The predicted molar refractivity (Wildman–Crippen MR) is 34.7 cm³/mol. The summed E-state index contributed by atoms with van der Waals surface area (Å²) in [5, 5.41) is 8.39. The molecule has 5 N–H and O–H groups in total. The van der Waals surface area contributed by atoms with E-state index in [1.807, 2.05) is 0 Å². The lowest BCUT2D eigenvalue weighted by atomic mass is 10.4. The van der Waals surface area contributed by atoms with Gasteiger partial charge in [-0.25, -0.2) is 0 Å². The lowest BCUT2D eigenvalue weighted by Crippen LogP contribution is -2.34. The van der Waals surface area contributed by atoms with Crippen LogP contribution in [-0.4, -0.2) is 30.6 Å². The highest BCUT2D eigenvalue weighted by Crippen LogP contribution is 1.89. The summed E-state index contributed by atoms with van der Waals surface area (Å²) >= 11 is 0. The molecule has 0 rings (SSSR count). The highest BCUT2D eigenvalue weighted by molar-refractivity contribution is 4.52. The second-order valence-electron chi connectivity index (χ2n) is 1.90. The highest BCUT2D eigenvalue weighted by Gasteiger charge is 2.04. The van der Waals surface area contributed by atoms with Crippen LogP contribution in [0.25, 0.3) is 0 Å². The van der Waals surface area contributed by atoms with Gasteiger partial charge in [0.25, 0.3) is 0 Å². The molecule has 0 aliphatic rings. The number of aliphatic hydroxyl groups is 1. The molecule has 0 bridgehead atoms. The van der Waals surface area contributed by atoms with E-state index in [0.717, 1.165) is 0 Å². The van der Waals surface area contributed by atoms with Crippen molar-refractivity contribution in [2.45, 2.75) is 19.3 Å². The molecule has 0 aliphatic heterocycles. The van der Waals surface area contributed by atoms with Crippen LogP contribution in [0.1, 0.15) is 6.92 Å². The first-order chi connectivity index (χ1) is 4.20. The molecule has 0 aliphatic carbocycles. The molecule has 0 spiro atoms. The topological polar surface area (TPSA) is 81.5 Å². The van der Waals surface area contributed by atoms with Gasteiger partial charge in [0, 0.05) is 6.54 Å². The molecule has 56 valence electrons. The normalized spacial score (nSPS) is 17.3. The number of aliphatic hydroxyl groups excluding tert-OH is 1. The van der Waals surface area contributed by atoms with Crippen molar-refractivity contribution in [3.63, 3.8) is 0 Å². The zero-order valence-corrected chi connectivity index (χ0v) is 5.58. The van der Waals surface area contributed by atoms with E-state index in [1.165, 1.54) is 0 Å². The SMILES string of the molecule is CC(CN)OC(N)CO. The zero-order chi connectivity index (χ0) is 7.28. The summed E-state index contributed by atoms with van der Waals surface area (Å²) in [4.78, 5) is 0. The second-order valence-corrected chi connectivity index (χ2v) is 1.90. The molecule has 0 saturated carbocycles. The molecule has 0 saturated heterocycles. The van der Waals surface area contributed by atoms with Gasteiger partial charge in [0.05, 0.1) is 12.7 Å². The quantitative estimate of drug-likeness (QED) is 0.414. The van der Waals surface area contributed by atoms with Gasteiger partial charge in [0.15, 0.2) is 0 Å². The fourth-order valence-electron chi connectivity index (χ4n) is 0.397. The van der Waals surface area contributed by atoms with E-state index in [2.05, 4.69) is 0 Å². The van der Waals surface area contributed by atoms with E-state index in [1.54, 1.807) is 6.92 Å². The lowest BCUT2D eigenvalue weighted by molar-refractivity contribution is -0.0230. The van der Waals surface area contributed by atoms with Gasteiger partial charge in [-0.15, -0.1) is 0 Å². The van der Waals surface area contributed by atoms with Crippen LogP contribution in [0.4, 0.5) is 0 Å². The first kappa shape index (κ1) is 8.84. The number of rotatable bonds is 4. The summed E-state index contributed by atoms with van der Waals surface area (Å²) in [6.07, 6.45) is -0.671. The van der Waals surface area contributed by atoms with Gasteiger partial charge in [0.2, 0.25) is 0 Å². The molecule has 0 amide bonds. The molecule has 2 unspecified atom stereocenters. The second kappa shape index (κ2) is 4.69. The molecule has 0 fully saturated rings. The Morgan fingerprint density at radius 1 is 1.67 bits per heavy atom. The molecule has 2 atom stereocenters. The van der Waals surface area contributed by atoms with Crippen LogP contribution in [0.2, 0.25) is 0 Å². The maximum Gasteiger partial charge on any atom is 0.129 e. The number of hydrogen-bond acceptors (Lipinski definition) is 4. The van der Waals surface area contributed by atoms with E-state index in [9.17, 15) is 0 Å². The highest BCUT2D eigenvalue weighted by atomic mass is 16.5. The molecule has 0 radical (unpaired) electrons. The van der Waals surface area contributed by atoms with Gasteiger partial charge in [-0.05, 0) is 6.92 Å². The average Bonchev–Trinajstić information content (AvgIpc) is 1.87. The molecule has 9 heavy (non-hydrogen) atoms. The van der Waals surface area contributed by atoms with Crippen LogP contribution < -0.4 is 11.5 Å². The van der Waals surface area contributed by atoms with Crippen LogP contribution in [-0.2, 0) is 4.74 Å². The van der Waals surface area contributed by atoms with Crippen LogP contribution in [0.3, 0.4) is 0 Å². The fraction of sp³-hybridized carbons (Fsp3) is 1.00. The third kappa shape index (κ3) is 4.35. The van der Waals surface area contributed by atoms with E-state index >= 15 is 0 Å². The first-order valence-electron chi connectivity index (χ1n) is 2.92. The average molecular weight is 134 g/mol. The smallest absolute Gasteiger partial charge is 0.129 e. The predicted octanol–water partition coefficient (Wildman–Crippen LogP) is -1.37. The fourth-order valence-corrected chi connectivity index (χ4v) is 0.397. The van der Waals surface area contributed by atoms with E-state index in [4.69, 9.17) is 21.3 Å². The van der Waals surface area contributed by atoms with Gasteiger partial charge < -0.3 is 21.3 Å². The van der Waals surface area contributed by atoms with Crippen molar-refractivity contribution in [2.75, 3.05) is 13.2 Å². The largest absolute Gasteiger partial charge is 0.392 e. The Labute approximate surface area is 54.8 Å². The van der Waals surface area contributed by atoms with E-state index in [0.29, 0.717) is 6.54 Å². The third-order valence-electron chi connectivity index (χ3n) is 0.919. The minimum absolute atomic E-state index is 0.0767. The van der Waals surface area contributed by atoms with Gasteiger partial charge in [-0.1, -0.05) is 0 Å². The number of nitrogens with two attached hydrogens (primary N) is 2. The summed E-state index contributed by atoms with van der Waals surface area (Å²) < 4.78 is 4.95. The molecule has 4 heteroatoms. The van der Waals surface area contributed by atoms with Crippen LogP contribution in [0.15, 0.2) is 0 Å². The maximum atomic E-state index is 8.39. The van der Waals surface area contributed by atoms with Crippen molar-refractivity contribution < 1.29 is 9.84 Å². The van der Waals surface area contributed by atoms with Crippen molar-refractivity contribution in [1.82, 2.24) is 0 Å². The Kier molecular flexibility index (Phi) is 4.61. The first-order valence-corrected chi connectivity index (χ1v) is 2.92. The number of hydrogen-bond donors (Lipinski definition) is 3. The number of ether oxygens (including phenoxy) is 1. The van der Waals surface area contributed by atoms with Crippen LogP contribution in [0, 0.1) is 0 Å².